The minimum atomic E-state index is -0.846. The highest BCUT2D eigenvalue weighted by Crippen LogP contribution is 2.28. The zero-order valence-electron chi connectivity index (χ0n) is 23.1. The van der Waals surface area contributed by atoms with E-state index in [-0.39, 0.29) is 30.8 Å². The number of ether oxygens (including phenoxy) is 2. The second kappa shape index (κ2) is 15.7. The van der Waals surface area contributed by atoms with Crippen molar-refractivity contribution in [2.75, 3.05) is 20.3 Å². The van der Waals surface area contributed by atoms with Crippen LogP contribution in [0.5, 0.6) is 11.5 Å². The Labute approximate surface area is 243 Å². The number of nitrogens with zero attached hydrogens (tertiary/aromatic N) is 1. The molecule has 0 saturated carbocycles. The molecule has 1 atom stereocenters. The third-order valence-corrected chi connectivity index (χ3v) is 7.05. The fourth-order valence-corrected chi connectivity index (χ4v) is 4.82. The van der Waals surface area contributed by atoms with E-state index in [2.05, 4.69) is 84.6 Å². The van der Waals surface area contributed by atoms with E-state index in [1.54, 1.807) is 7.11 Å². The molecule has 6 heteroatoms. The van der Waals surface area contributed by atoms with Crippen LogP contribution in [0.25, 0.3) is 0 Å². The number of carboxylic acids is 1. The average Bonchev–Trinajstić information content (AvgIpc) is 2.96. The predicted octanol–water partition coefficient (Wildman–Crippen LogP) is 7.24. The fourth-order valence-electron chi connectivity index (χ4n) is 4.82. The topological polar surface area (TPSA) is 59.0 Å². The Morgan fingerprint density at radius 1 is 0.800 bits per heavy atom. The molecule has 0 amide bonds. The summed E-state index contributed by atoms with van der Waals surface area (Å²) < 4.78 is 11.4. The first-order valence-corrected chi connectivity index (χ1v) is 13.4. The number of hydrogen-bond acceptors (Lipinski definition) is 4. The number of rotatable bonds is 14. The van der Waals surface area contributed by atoms with Crippen LogP contribution in [-0.2, 0) is 17.8 Å². The molecule has 4 aromatic rings. The molecule has 4 aromatic carbocycles. The summed E-state index contributed by atoms with van der Waals surface area (Å²) in [5.41, 5.74) is 4.55. The third-order valence-electron chi connectivity index (χ3n) is 7.05. The van der Waals surface area contributed by atoms with E-state index in [1.165, 1.54) is 16.7 Å². The number of carboxylic acid groups (broad SMARTS) is 1. The molecule has 0 unspecified atom stereocenters. The van der Waals surface area contributed by atoms with Gasteiger partial charge in [0.1, 0.15) is 11.5 Å². The Hall–Kier alpha value is -3.80. The second-order valence-electron chi connectivity index (χ2n) is 9.86. The summed E-state index contributed by atoms with van der Waals surface area (Å²) in [4.78, 5) is 13.6. The molecule has 0 radical (unpaired) electrons. The zero-order chi connectivity index (χ0) is 27.5. The lowest BCUT2D eigenvalue weighted by atomic mass is 9.90. The van der Waals surface area contributed by atoms with Crippen LogP contribution >= 0.6 is 12.4 Å². The predicted molar refractivity (Wildman–Crippen MR) is 163 cm³/mol. The van der Waals surface area contributed by atoms with Crippen LogP contribution < -0.4 is 9.47 Å². The summed E-state index contributed by atoms with van der Waals surface area (Å²) in [6.07, 6.45) is 0.819. The van der Waals surface area contributed by atoms with Crippen molar-refractivity contribution < 1.29 is 19.4 Å². The maximum absolute atomic E-state index is 11.1. The molecular formula is C34H38ClNO4. The highest BCUT2D eigenvalue weighted by molar-refractivity contribution is 5.85. The number of methoxy groups -OCH3 is 1. The van der Waals surface area contributed by atoms with E-state index >= 15 is 0 Å². The molecule has 0 saturated heterocycles. The lowest BCUT2D eigenvalue weighted by Crippen LogP contribution is -2.37. The molecule has 0 spiro atoms. The summed E-state index contributed by atoms with van der Waals surface area (Å²) in [5, 5.41) is 9.10. The van der Waals surface area contributed by atoms with Gasteiger partial charge in [0, 0.05) is 25.0 Å². The van der Waals surface area contributed by atoms with Gasteiger partial charge in [-0.05, 0) is 59.9 Å². The first-order chi connectivity index (χ1) is 19.0. The van der Waals surface area contributed by atoms with Crippen LogP contribution in [0.4, 0.5) is 0 Å². The van der Waals surface area contributed by atoms with Crippen LogP contribution in [0.15, 0.2) is 109 Å². The largest absolute Gasteiger partial charge is 0.497 e. The highest BCUT2D eigenvalue weighted by Gasteiger charge is 2.22. The van der Waals surface area contributed by atoms with Crippen molar-refractivity contribution >= 4 is 18.4 Å². The Balaban J connectivity index is 0.00000441. The van der Waals surface area contributed by atoms with Gasteiger partial charge >= 0.3 is 5.97 Å². The van der Waals surface area contributed by atoms with Gasteiger partial charge in [0.2, 0.25) is 0 Å². The van der Waals surface area contributed by atoms with E-state index in [0.29, 0.717) is 12.4 Å². The number of aliphatic carboxylic acids is 1. The summed E-state index contributed by atoms with van der Waals surface area (Å²) >= 11 is 0. The highest BCUT2D eigenvalue weighted by atomic mass is 35.5. The molecule has 0 bridgehead atoms. The zero-order valence-corrected chi connectivity index (χ0v) is 23.9. The SMILES string of the molecule is COc1ccc(CN(CC(c2ccccc2)c2ccccc2)[C@H](C)CCOc2cccc(CC(=O)O)c2)cc1.Cl. The van der Waals surface area contributed by atoms with Crippen molar-refractivity contribution in [2.45, 2.75) is 38.3 Å². The van der Waals surface area contributed by atoms with Crippen LogP contribution in [0.2, 0.25) is 0 Å². The molecule has 0 aromatic heterocycles. The van der Waals surface area contributed by atoms with Gasteiger partial charge in [-0.25, -0.2) is 0 Å². The lowest BCUT2D eigenvalue weighted by molar-refractivity contribution is -0.136. The number of halogens is 1. The van der Waals surface area contributed by atoms with Crippen LogP contribution in [0, 0.1) is 0 Å². The molecule has 210 valence electrons. The Bertz CT molecular complexity index is 1260. The molecule has 40 heavy (non-hydrogen) atoms. The molecule has 0 aliphatic rings. The normalized spacial score (nSPS) is 11.6. The van der Waals surface area contributed by atoms with Gasteiger partial charge in [-0.1, -0.05) is 84.9 Å². The van der Waals surface area contributed by atoms with Crippen molar-refractivity contribution in [1.82, 2.24) is 4.90 Å². The van der Waals surface area contributed by atoms with Gasteiger partial charge in [0.05, 0.1) is 20.1 Å². The molecule has 4 rings (SSSR count). The maximum atomic E-state index is 11.1. The molecule has 0 aliphatic carbocycles. The smallest absolute Gasteiger partial charge is 0.307 e. The summed E-state index contributed by atoms with van der Waals surface area (Å²) in [7, 11) is 1.69. The van der Waals surface area contributed by atoms with Crippen LogP contribution in [-0.4, -0.2) is 42.3 Å². The van der Waals surface area contributed by atoms with Gasteiger partial charge in [-0.3, -0.25) is 9.69 Å². The standard InChI is InChI=1S/C34H37NO4.ClH/c1-26(20-21-39-32-15-9-10-28(22-32)23-34(36)37)35(24-27-16-18-31(38-2)19-17-27)25-33(29-11-5-3-6-12-29)30-13-7-4-8-14-30;/h3-19,22,26,33H,20-21,23-25H2,1-2H3,(H,36,37);1H/t26-;/m1./s1. The molecular weight excluding hydrogens is 522 g/mol. The first kappa shape index (κ1) is 30.7. The number of benzene rings is 4. The summed E-state index contributed by atoms with van der Waals surface area (Å²) in [5.74, 6) is 0.931. The Morgan fingerprint density at radius 3 is 2.00 bits per heavy atom. The molecule has 0 aliphatic heterocycles. The molecule has 5 nitrogen and oxygen atoms in total. The van der Waals surface area contributed by atoms with Crippen LogP contribution in [0.3, 0.4) is 0 Å². The van der Waals surface area contributed by atoms with Crippen molar-refractivity contribution in [2.24, 2.45) is 0 Å². The number of hydrogen-bond donors (Lipinski definition) is 1. The van der Waals surface area contributed by atoms with Gasteiger partial charge < -0.3 is 14.6 Å². The molecule has 0 fully saturated rings. The van der Waals surface area contributed by atoms with Gasteiger partial charge in [0.25, 0.3) is 0 Å². The minimum Gasteiger partial charge on any atom is -0.497 e. The van der Waals surface area contributed by atoms with Gasteiger partial charge in [0.15, 0.2) is 0 Å². The molecule has 1 N–H and O–H groups in total. The third kappa shape index (κ3) is 9.15. The van der Waals surface area contributed by atoms with Crippen molar-refractivity contribution in [3.8, 4) is 11.5 Å². The van der Waals surface area contributed by atoms with Crippen LogP contribution in [0.1, 0.15) is 41.5 Å². The Kier molecular flexibility index (Phi) is 12.1. The fraction of sp³-hybridized carbons (Fsp3) is 0.265. The van der Waals surface area contributed by atoms with Crippen molar-refractivity contribution in [1.29, 1.82) is 0 Å². The second-order valence-corrected chi connectivity index (χ2v) is 9.86. The van der Waals surface area contributed by atoms with Gasteiger partial charge in [-0.2, -0.15) is 0 Å². The van der Waals surface area contributed by atoms with Crippen molar-refractivity contribution in [3.63, 3.8) is 0 Å². The van der Waals surface area contributed by atoms with E-state index in [0.717, 1.165) is 30.8 Å². The summed E-state index contributed by atoms with van der Waals surface area (Å²) in [6.45, 7) is 4.45. The quantitative estimate of drug-likeness (QED) is 0.176. The molecule has 0 heterocycles. The van der Waals surface area contributed by atoms with E-state index in [4.69, 9.17) is 14.6 Å². The summed E-state index contributed by atoms with van der Waals surface area (Å²) in [6, 6.07) is 37.3. The van der Waals surface area contributed by atoms with E-state index in [9.17, 15) is 4.79 Å². The minimum absolute atomic E-state index is 0. The Morgan fingerprint density at radius 2 is 1.43 bits per heavy atom. The average molecular weight is 560 g/mol. The van der Waals surface area contributed by atoms with Gasteiger partial charge in [-0.15, -0.1) is 12.4 Å². The maximum Gasteiger partial charge on any atom is 0.307 e. The van der Waals surface area contributed by atoms with E-state index < -0.39 is 5.97 Å². The van der Waals surface area contributed by atoms with Crippen molar-refractivity contribution in [3.05, 3.63) is 131 Å². The first-order valence-electron chi connectivity index (χ1n) is 13.4. The van der Waals surface area contributed by atoms with E-state index in [1.807, 2.05) is 36.4 Å². The lowest BCUT2D eigenvalue weighted by Gasteiger charge is -2.33. The monoisotopic (exact) mass is 559 g/mol. The number of carbonyl (C=O) groups is 1.